The van der Waals surface area contributed by atoms with E-state index in [1.807, 2.05) is 0 Å². The third-order valence-electron chi connectivity index (χ3n) is 1.85. The molecule has 0 unspecified atom stereocenters. The van der Waals surface area contributed by atoms with Crippen molar-refractivity contribution in [3.05, 3.63) is 29.8 Å². The first kappa shape index (κ1) is 13.5. The van der Waals surface area contributed by atoms with E-state index >= 15 is 0 Å². The number of hydrogen-bond acceptors (Lipinski definition) is 3. The van der Waals surface area contributed by atoms with Gasteiger partial charge >= 0.3 is 6.18 Å². The number of primary amides is 1. The van der Waals surface area contributed by atoms with E-state index in [0.29, 0.717) is 6.07 Å². The molecule has 1 amide bonds. The summed E-state index contributed by atoms with van der Waals surface area (Å²) in [4.78, 5) is 9.91. The molecule has 94 valence electrons. The van der Waals surface area contributed by atoms with E-state index in [-0.39, 0.29) is 0 Å². The van der Waals surface area contributed by atoms with Crippen LogP contribution in [0.2, 0.25) is 0 Å². The third-order valence-corrected chi connectivity index (χ3v) is 3.49. The molecule has 0 bridgehead atoms. The highest BCUT2D eigenvalue weighted by atomic mass is 32.2. The van der Waals surface area contributed by atoms with Crippen LogP contribution in [-0.4, -0.2) is 20.1 Å². The fraction of sp³-hybridized carbons (Fsp3) is 0.222. The van der Waals surface area contributed by atoms with Crippen LogP contribution in [0.4, 0.5) is 13.2 Å². The minimum atomic E-state index is -4.64. The van der Waals surface area contributed by atoms with Crippen molar-refractivity contribution in [1.29, 1.82) is 0 Å². The molecule has 0 radical (unpaired) electrons. The summed E-state index contributed by atoms with van der Waals surface area (Å²) in [6.07, 6.45) is -4.64. The molecule has 2 N–H and O–H groups in total. The normalized spacial score (nSPS) is 12.4. The smallest absolute Gasteiger partial charge is 0.369 e. The number of carbonyl (C=O) groups is 1. The Morgan fingerprint density at radius 3 is 2.35 bits per heavy atom. The summed E-state index contributed by atoms with van der Waals surface area (Å²) in [6.45, 7) is 0. The first-order valence-electron chi connectivity index (χ1n) is 4.31. The summed E-state index contributed by atoms with van der Waals surface area (Å²) in [6, 6.07) is 3.14. The molecule has 0 heterocycles. The van der Waals surface area contributed by atoms with Crippen molar-refractivity contribution in [3.63, 3.8) is 0 Å². The van der Waals surface area contributed by atoms with Gasteiger partial charge in [0.15, 0.2) is 9.84 Å². The maximum atomic E-state index is 12.3. The molecule has 17 heavy (non-hydrogen) atoms. The van der Waals surface area contributed by atoms with Crippen LogP contribution in [0, 0.1) is 0 Å². The molecule has 0 saturated carbocycles. The maximum Gasteiger partial charge on any atom is 0.416 e. The van der Waals surface area contributed by atoms with Crippen LogP contribution in [0.25, 0.3) is 0 Å². The highest BCUT2D eigenvalue weighted by Gasteiger charge is 2.31. The minimum Gasteiger partial charge on any atom is -0.369 e. The van der Waals surface area contributed by atoms with Crippen LogP contribution in [-0.2, 0) is 20.8 Å². The monoisotopic (exact) mass is 267 g/mol. The number of amides is 1. The van der Waals surface area contributed by atoms with Crippen LogP contribution in [0.5, 0.6) is 0 Å². The SMILES string of the molecule is NC(=O)CS(=O)(=O)c1cccc(C(F)(F)F)c1. The van der Waals surface area contributed by atoms with Crippen LogP contribution >= 0.6 is 0 Å². The van der Waals surface area contributed by atoms with Gasteiger partial charge in [0.2, 0.25) is 5.91 Å². The lowest BCUT2D eigenvalue weighted by Crippen LogP contribution is -2.23. The molecule has 0 aliphatic heterocycles. The summed E-state index contributed by atoms with van der Waals surface area (Å²) in [5.41, 5.74) is 3.61. The fourth-order valence-electron chi connectivity index (χ4n) is 1.14. The Kier molecular flexibility index (Phi) is 3.46. The molecule has 1 rings (SSSR count). The number of rotatable bonds is 3. The molecule has 8 heteroatoms. The Morgan fingerprint density at radius 1 is 1.29 bits per heavy atom. The molecular weight excluding hydrogens is 259 g/mol. The van der Waals surface area contributed by atoms with Crippen LogP contribution in [0.15, 0.2) is 29.2 Å². The van der Waals surface area contributed by atoms with E-state index < -0.39 is 38.1 Å². The second-order valence-corrected chi connectivity index (χ2v) is 5.24. The van der Waals surface area contributed by atoms with E-state index in [0.717, 1.165) is 18.2 Å². The topological polar surface area (TPSA) is 77.2 Å². The zero-order valence-electron chi connectivity index (χ0n) is 8.36. The Bertz CT molecular complexity index is 537. The number of sulfone groups is 1. The Labute approximate surface area is 95.1 Å². The second kappa shape index (κ2) is 4.36. The number of halogens is 3. The second-order valence-electron chi connectivity index (χ2n) is 3.25. The Morgan fingerprint density at radius 2 is 1.88 bits per heavy atom. The molecule has 4 nitrogen and oxygen atoms in total. The minimum absolute atomic E-state index is 0.471. The first-order valence-corrected chi connectivity index (χ1v) is 5.96. The summed E-state index contributed by atoms with van der Waals surface area (Å²) < 4.78 is 59.9. The van der Waals surface area contributed by atoms with Gasteiger partial charge < -0.3 is 5.73 Å². The van der Waals surface area contributed by atoms with Gasteiger partial charge in [-0.3, -0.25) is 4.79 Å². The molecule has 0 atom stereocenters. The largest absolute Gasteiger partial charge is 0.416 e. The molecule has 0 fully saturated rings. The molecule has 1 aromatic rings. The molecule has 1 aromatic carbocycles. The first-order chi connectivity index (χ1) is 7.63. The maximum absolute atomic E-state index is 12.3. The van der Waals surface area contributed by atoms with Crippen molar-refractivity contribution in [1.82, 2.24) is 0 Å². The lowest BCUT2D eigenvalue weighted by atomic mass is 10.2. The van der Waals surface area contributed by atoms with Gasteiger partial charge in [-0.2, -0.15) is 13.2 Å². The summed E-state index contributed by atoms with van der Waals surface area (Å²) in [5.74, 6) is -2.14. The van der Waals surface area contributed by atoms with Crippen molar-refractivity contribution in [2.45, 2.75) is 11.1 Å². The van der Waals surface area contributed by atoms with E-state index in [9.17, 15) is 26.4 Å². The van der Waals surface area contributed by atoms with Gasteiger partial charge in [0.05, 0.1) is 10.5 Å². The zero-order chi connectivity index (χ0) is 13.3. The fourth-order valence-corrected chi connectivity index (χ4v) is 2.27. The average molecular weight is 267 g/mol. The number of nitrogens with two attached hydrogens (primary N) is 1. The Balaban J connectivity index is 3.21. The lowest BCUT2D eigenvalue weighted by Gasteiger charge is -2.08. The number of alkyl halides is 3. The van der Waals surface area contributed by atoms with Gasteiger partial charge in [-0.25, -0.2) is 8.42 Å². The van der Waals surface area contributed by atoms with Crippen molar-refractivity contribution in [2.24, 2.45) is 5.73 Å². The molecular formula is C9H8F3NO3S. The quantitative estimate of drug-likeness (QED) is 0.886. The van der Waals surface area contributed by atoms with Crippen molar-refractivity contribution in [3.8, 4) is 0 Å². The van der Waals surface area contributed by atoms with Crippen molar-refractivity contribution in [2.75, 3.05) is 5.75 Å². The van der Waals surface area contributed by atoms with Crippen molar-refractivity contribution < 1.29 is 26.4 Å². The van der Waals surface area contributed by atoms with Gasteiger partial charge in [-0.15, -0.1) is 0 Å². The molecule has 0 saturated heterocycles. The van der Waals surface area contributed by atoms with Gasteiger partial charge in [-0.1, -0.05) is 6.07 Å². The number of hydrogen-bond donors (Lipinski definition) is 1. The average Bonchev–Trinajstić information content (AvgIpc) is 2.14. The standard InChI is InChI=1S/C9H8F3NO3S/c10-9(11,12)6-2-1-3-7(4-6)17(15,16)5-8(13)14/h1-4H,5H2,(H2,13,14). The van der Waals surface area contributed by atoms with E-state index in [4.69, 9.17) is 5.73 Å². The van der Waals surface area contributed by atoms with Gasteiger partial charge in [0.1, 0.15) is 5.75 Å². The molecule has 0 aliphatic rings. The van der Waals surface area contributed by atoms with Crippen molar-refractivity contribution >= 4 is 15.7 Å². The third kappa shape index (κ3) is 3.45. The lowest BCUT2D eigenvalue weighted by molar-refractivity contribution is -0.137. The van der Waals surface area contributed by atoms with Gasteiger partial charge in [-0.05, 0) is 18.2 Å². The zero-order valence-corrected chi connectivity index (χ0v) is 9.18. The molecule has 0 aromatic heterocycles. The molecule has 0 aliphatic carbocycles. The van der Waals surface area contributed by atoms with Crippen LogP contribution < -0.4 is 5.73 Å². The van der Waals surface area contributed by atoms with Crippen LogP contribution in [0.3, 0.4) is 0 Å². The predicted molar refractivity (Wildman–Crippen MR) is 52.7 cm³/mol. The van der Waals surface area contributed by atoms with E-state index in [1.165, 1.54) is 0 Å². The predicted octanol–water partition coefficient (Wildman–Crippen LogP) is 0.964. The highest BCUT2D eigenvalue weighted by molar-refractivity contribution is 7.92. The number of carbonyl (C=O) groups excluding carboxylic acids is 1. The summed E-state index contributed by atoms with van der Waals surface area (Å²) in [5, 5.41) is 0. The summed E-state index contributed by atoms with van der Waals surface area (Å²) in [7, 11) is -4.12. The van der Waals surface area contributed by atoms with E-state index in [2.05, 4.69) is 0 Å². The van der Waals surface area contributed by atoms with Crippen LogP contribution in [0.1, 0.15) is 5.56 Å². The Hall–Kier alpha value is -1.57. The number of benzene rings is 1. The van der Waals surface area contributed by atoms with Gasteiger partial charge in [0, 0.05) is 0 Å². The van der Waals surface area contributed by atoms with E-state index in [1.54, 1.807) is 0 Å². The summed E-state index contributed by atoms with van der Waals surface area (Å²) >= 11 is 0. The van der Waals surface area contributed by atoms with Gasteiger partial charge in [0.25, 0.3) is 0 Å². The molecule has 0 spiro atoms. The highest BCUT2D eigenvalue weighted by Crippen LogP contribution is 2.30.